The fraction of sp³-hybridized carbons (Fsp3) is 0.111. The highest BCUT2D eigenvalue weighted by Crippen LogP contribution is 2.27. The standard InChI is InChI=1S/C18H13Cl2F2N3O/c1-25-7-6-23-17(25)16(10-4-2-3-5-14(10)21)24-18(26)11-8-15(22)13(20)9-12(11)19/h2-9,16H,1H3,(H,24,26). The number of amides is 1. The summed E-state index contributed by atoms with van der Waals surface area (Å²) in [6, 6.07) is 7.21. The van der Waals surface area contributed by atoms with E-state index in [9.17, 15) is 13.6 Å². The van der Waals surface area contributed by atoms with Crippen molar-refractivity contribution < 1.29 is 13.6 Å². The van der Waals surface area contributed by atoms with Crippen LogP contribution in [0.2, 0.25) is 10.0 Å². The van der Waals surface area contributed by atoms with Gasteiger partial charge in [-0.25, -0.2) is 13.8 Å². The average Bonchev–Trinajstić information content (AvgIpc) is 3.02. The molecule has 0 saturated heterocycles. The maximum atomic E-state index is 14.3. The number of nitrogens with one attached hydrogen (secondary N) is 1. The molecule has 0 bridgehead atoms. The van der Waals surface area contributed by atoms with Crippen LogP contribution in [0.5, 0.6) is 0 Å². The highest BCUT2D eigenvalue weighted by molar-refractivity contribution is 6.36. The maximum absolute atomic E-state index is 14.3. The van der Waals surface area contributed by atoms with E-state index in [1.807, 2.05) is 0 Å². The van der Waals surface area contributed by atoms with E-state index >= 15 is 0 Å². The van der Waals surface area contributed by atoms with Gasteiger partial charge in [0.25, 0.3) is 5.91 Å². The van der Waals surface area contributed by atoms with Crippen LogP contribution in [0.3, 0.4) is 0 Å². The lowest BCUT2D eigenvalue weighted by atomic mass is 10.0. The van der Waals surface area contributed by atoms with Gasteiger partial charge >= 0.3 is 0 Å². The molecule has 0 radical (unpaired) electrons. The number of halogens is 4. The van der Waals surface area contributed by atoms with Crippen LogP contribution in [0.1, 0.15) is 27.8 Å². The molecule has 0 spiro atoms. The molecular formula is C18H13Cl2F2N3O. The Balaban J connectivity index is 2.02. The molecule has 26 heavy (non-hydrogen) atoms. The van der Waals surface area contributed by atoms with Crippen molar-refractivity contribution in [3.05, 3.63) is 87.4 Å². The van der Waals surface area contributed by atoms with Crippen molar-refractivity contribution in [3.63, 3.8) is 0 Å². The van der Waals surface area contributed by atoms with Crippen LogP contribution in [-0.4, -0.2) is 15.5 Å². The van der Waals surface area contributed by atoms with Gasteiger partial charge in [-0.1, -0.05) is 41.4 Å². The van der Waals surface area contributed by atoms with E-state index in [1.165, 1.54) is 12.3 Å². The van der Waals surface area contributed by atoms with E-state index in [4.69, 9.17) is 23.2 Å². The first-order valence-electron chi connectivity index (χ1n) is 7.55. The van der Waals surface area contributed by atoms with E-state index in [1.54, 1.807) is 36.0 Å². The molecule has 0 saturated carbocycles. The Morgan fingerprint density at radius 1 is 1.15 bits per heavy atom. The molecule has 134 valence electrons. The Morgan fingerprint density at radius 2 is 1.88 bits per heavy atom. The third-order valence-corrected chi connectivity index (χ3v) is 4.47. The molecule has 3 aromatic rings. The highest BCUT2D eigenvalue weighted by atomic mass is 35.5. The normalized spacial score (nSPS) is 12.0. The number of aromatic nitrogens is 2. The van der Waals surface area contributed by atoms with Crippen LogP contribution >= 0.6 is 23.2 Å². The quantitative estimate of drug-likeness (QED) is 0.659. The number of benzene rings is 2. The Hall–Kier alpha value is -2.44. The number of nitrogens with zero attached hydrogens (tertiary/aromatic N) is 2. The van der Waals surface area contributed by atoms with Crippen LogP contribution in [0.4, 0.5) is 8.78 Å². The first kappa shape index (κ1) is 18.4. The summed E-state index contributed by atoms with van der Waals surface area (Å²) in [5, 5.41) is 2.46. The zero-order valence-electron chi connectivity index (χ0n) is 13.5. The summed E-state index contributed by atoms with van der Waals surface area (Å²) in [6.45, 7) is 0. The van der Waals surface area contributed by atoms with Gasteiger partial charge in [-0.3, -0.25) is 4.79 Å². The second-order valence-corrected chi connectivity index (χ2v) is 6.38. The Morgan fingerprint density at radius 3 is 2.54 bits per heavy atom. The van der Waals surface area contributed by atoms with Gasteiger partial charge < -0.3 is 9.88 Å². The van der Waals surface area contributed by atoms with Crippen molar-refractivity contribution in [1.29, 1.82) is 0 Å². The molecule has 1 amide bonds. The number of carbonyl (C=O) groups excluding carboxylic acids is 1. The summed E-state index contributed by atoms with van der Waals surface area (Å²) in [4.78, 5) is 16.9. The summed E-state index contributed by atoms with van der Waals surface area (Å²) < 4.78 is 29.7. The van der Waals surface area contributed by atoms with Gasteiger partial charge in [-0.15, -0.1) is 0 Å². The van der Waals surface area contributed by atoms with Crippen LogP contribution in [0.25, 0.3) is 0 Å². The average molecular weight is 396 g/mol. The third-order valence-electron chi connectivity index (χ3n) is 3.86. The van der Waals surface area contributed by atoms with Gasteiger partial charge in [-0.2, -0.15) is 0 Å². The van der Waals surface area contributed by atoms with Gasteiger partial charge in [0.15, 0.2) is 0 Å². The molecule has 2 aromatic carbocycles. The fourth-order valence-corrected chi connectivity index (χ4v) is 3.02. The first-order chi connectivity index (χ1) is 12.4. The van der Waals surface area contributed by atoms with Crippen molar-refractivity contribution in [2.75, 3.05) is 0 Å². The van der Waals surface area contributed by atoms with Gasteiger partial charge in [0.2, 0.25) is 0 Å². The Labute approximate surface area is 158 Å². The minimum atomic E-state index is -0.890. The summed E-state index contributed by atoms with van der Waals surface area (Å²) >= 11 is 11.7. The summed E-state index contributed by atoms with van der Waals surface area (Å²) in [5.74, 6) is -1.55. The zero-order chi connectivity index (χ0) is 18.8. The lowest BCUT2D eigenvalue weighted by molar-refractivity contribution is 0.0940. The van der Waals surface area contributed by atoms with E-state index in [-0.39, 0.29) is 21.2 Å². The minimum Gasteiger partial charge on any atom is -0.338 e. The number of hydrogen-bond acceptors (Lipinski definition) is 2. The topological polar surface area (TPSA) is 46.9 Å². The lowest BCUT2D eigenvalue weighted by Crippen LogP contribution is -2.32. The Kier molecular flexibility index (Phi) is 5.25. The summed E-state index contributed by atoms with van der Waals surface area (Å²) in [6.07, 6.45) is 3.20. The van der Waals surface area contributed by atoms with E-state index < -0.39 is 23.6 Å². The van der Waals surface area contributed by atoms with Gasteiger partial charge in [0.05, 0.1) is 15.6 Å². The molecule has 0 aliphatic rings. The van der Waals surface area contributed by atoms with Crippen LogP contribution in [0.15, 0.2) is 48.8 Å². The SMILES string of the molecule is Cn1ccnc1C(NC(=O)c1cc(F)c(Cl)cc1Cl)c1ccccc1F. The second-order valence-electron chi connectivity index (χ2n) is 5.57. The Bertz CT molecular complexity index is 975. The minimum absolute atomic E-state index is 0.0129. The third kappa shape index (κ3) is 3.57. The van der Waals surface area contributed by atoms with Gasteiger partial charge in [0.1, 0.15) is 23.5 Å². The molecule has 1 N–H and O–H groups in total. The van der Waals surface area contributed by atoms with Crippen LogP contribution in [0, 0.1) is 11.6 Å². The molecule has 0 fully saturated rings. The summed E-state index contributed by atoms with van der Waals surface area (Å²) in [7, 11) is 1.72. The zero-order valence-corrected chi connectivity index (χ0v) is 15.0. The largest absolute Gasteiger partial charge is 0.338 e. The number of aryl methyl sites for hydroxylation is 1. The molecule has 1 aromatic heterocycles. The number of hydrogen-bond donors (Lipinski definition) is 1. The molecule has 4 nitrogen and oxygen atoms in total. The molecule has 0 aliphatic carbocycles. The smallest absolute Gasteiger partial charge is 0.253 e. The molecule has 0 aliphatic heterocycles. The molecule has 1 heterocycles. The molecule has 1 atom stereocenters. The lowest BCUT2D eigenvalue weighted by Gasteiger charge is -2.20. The summed E-state index contributed by atoms with van der Waals surface area (Å²) in [5.41, 5.74) is 0.116. The predicted molar refractivity (Wildman–Crippen MR) is 95.3 cm³/mol. The first-order valence-corrected chi connectivity index (χ1v) is 8.31. The van der Waals surface area contributed by atoms with Crippen molar-refractivity contribution in [2.45, 2.75) is 6.04 Å². The van der Waals surface area contributed by atoms with Crippen LogP contribution in [-0.2, 0) is 7.05 Å². The molecule has 3 rings (SSSR count). The predicted octanol–water partition coefficient (Wildman–Crippen LogP) is 4.52. The van der Waals surface area contributed by atoms with Crippen molar-refractivity contribution in [1.82, 2.24) is 14.9 Å². The number of carbonyl (C=O) groups is 1. The molecular weight excluding hydrogens is 383 g/mol. The highest BCUT2D eigenvalue weighted by Gasteiger charge is 2.25. The number of rotatable bonds is 4. The van der Waals surface area contributed by atoms with Gasteiger partial charge in [0, 0.05) is 25.0 Å². The van der Waals surface area contributed by atoms with E-state index in [2.05, 4.69) is 10.3 Å². The molecule has 1 unspecified atom stereocenters. The second kappa shape index (κ2) is 7.43. The van der Waals surface area contributed by atoms with E-state index in [0.29, 0.717) is 5.82 Å². The van der Waals surface area contributed by atoms with Crippen molar-refractivity contribution >= 4 is 29.1 Å². The van der Waals surface area contributed by atoms with Crippen molar-refractivity contribution in [3.8, 4) is 0 Å². The van der Waals surface area contributed by atoms with Crippen LogP contribution < -0.4 is 5.32 Å². The number of imidazole rings is 1. The maximum Gasteiger partial charge on any atom is 0.253 e. The fourth-order valence-electron chi connectivity index (χ4n) is 2.55. The monoisotopic (exact) mass is 395 g/mol. The van der Waals surface area contributed by atoms with Gasteiger partial charge in [-0.05, 0) is 18.2 Å². The van der Waals surface area contributed by atoms with E-state index in [0.717, 1.165) is 12.1 Å². The van der Waals surface area contributed by atoms with Crippen molar-refractivity contribution in [2.24, 2.45) is 7.05 Å². The molecule has 8 heteroatoms.